The van der Waals surface area contributed by atoms with Crippen molar-refractivity contribution in [1.82, 2.24) is 25.5 Å². The van der Waals surface area contributed by atoms with E-state index in [1.54, 1.807) is 0 Å². The molecule has 1 amide bonds. The number of tetrazole rings is 1. The molecule has 2 aromatic carbocycles. The van der Waals surface area contributed by atoms with Gasteiger partial charge in [0, 0.05) is 5.56 Å². The highest BCUT2D eigenvalue weighted by Gasteiger charge is 2.30. The van der Waals surface area contributed by atoms with E-state index in [0.29, 0.717) is 0 Å². The lowest BCUT2D eigenvalue weighted by atomic mass is 10.1. The Bertz CT molecular complexity index is 982. The number of alkyl halides is 3. The molecule has 3 rings (SSSR count). The van der Waals surface area contributed by atoms with E-state index in [0.717, 1.165) is 28.9 Å². The van der Waals surface area contributed by atoms with Crippen LogP contribution in [0.4, 0.5) is 13.2 Å². The molecule has 1 aromatic heterocycles. The molecule has 9 heteroatoms. The molecule has 0 spiro atoms. The van der Waals surface area contributed by atoms with Crippen LogP contribution in [-0.2, 0) is 23.9 Å². The normalized spacial score (nSPS) is 12.6. The van der Waals surface area contributed by atoms with Gasteiger partial charge in [-0.2, -0.15) is 18.0 Å². The van der Waals surface area contributed by atoms with Gasteiger partial charge in [-0.15, -0.1) is 10.2 Å². The molecule has 1 unspecified atom stereocenters. The van der Waals surface area contributed by atoms with E-state index in [1.165, 1.54) is 17.7 Å². The molecule has 0 saturated carbocycles. The minimum absolute atomic E-state index is 0.0205. The maximum absolute atomic E-state index is 12.8. The molecular formula is C20H20F3N5O. The van der Waals surface area contributed by atoms with E-state index < -0.39 is 11.7 Å². The van der Waals surface area contributed by atoms with E-state index in [4.69, 9.17) is 0 Å². The highest BCUT2D eigenvalue weighted by Crippen LogP contribution is 2.31. The topological polar surface area (TPSA) is 72.7 Å². The van der Waals surface area contributed by atoms with Crippen molar-refractivity contribution in [2.24, 2.45) is 0 Å². The van der Waals surface area contributed by atoms with Crippen molar-refractivity contribution in [3.05, 3.63) is 65.2 Å². The van der Waals surface area contributed by atoms with E-state index in [9.17, 15) is 18.0 Å². The molecule has 0 bridgehead atoms. The van der Waals surface area contributed by atoms with Crippen molar-refractivity contribution in [2.45, 2.75) is 39.0 Å². The second-order valence-corrected chi connectivity index (χ2v) is 6.61. The molecular weight excluding hydrogens is 383 g/mol. The lowest BCUT2D eigenvalue weighted by Gasteiger charge is -2.14. The number of nitrogens with one attached hydrogen (secondary N) is 1. The van der Waals surface area contributed by atoms with Crippen LogP contribution in [0.1, 0.15) is 36.6 Å². The first kappa shape index (κ1) is 20.5. The third kappa shape index (κ3) is 5.18. The van der Waals surface area contributed by atoms with Gasteiger partial charge in [0.1, 0.15) is 6.54 Å². The van der Waals surface area contributed by atoms with Crippen molar-refractivity contribution >= 4 is 5.91 Å². The number of rotatable bonds is 6. The number of carbonyl (C=O) groups is 1. The van der Waals surface area contributed by atoms with Crippen LogP contribution in [0.2, 0.25) is 0 Å². The Morgan fingerprint density at radius 1 is 1.17 bits per heavy atom. The zero-order valence-electron chi connectivity index (χ0n) is 15.9. The van der Waals surface area contributed by atoms with Crippen LogP contribution in [0.25, 0.3) is 11.4 Å². The number of hydrogen-bond acceptors (Lipinski definition) is 4. The summed E-state index contributed by atoms with van der Waals surface area (Å²) in [5, 5.41) is 14.4. The number of nitrogens with zero attached hydrogens (tertiary/aromatic N) is 4. The summed E-state index contributed by atoms with van der Waals surface area (Å²) in [6.45, 7) is 3.74. The second-order valence-electron chi connectivity index (χ2n) is 6.61. The van der Waals surface area contributed by atoms with Gasteiger partial charge in [0.2, 0.25) is 11.7 Å². The fraction of sp³-hybridized carbons (Fsp3) is 0.300. The third-order valence-corrected chi connectivity index (χ3v) is 4.45. The van der Waals surface area contributed by atoms with E-state index in [-0.39, 0.29) is 29.9 Å². The maximum atomic E-state index is 12.8. The summed E-state index contributed by atoms with van der Waals surface area (Å²) in [5.74, 6) is -0.308. The highest BCUT2D eigenvalue weighted by atomic mass is 19.4. The first-order valence-electron chi connectivity index (χ1n) is 9.10. The Morgan fingerprint density at radius 3 is 2.55 bits per heavy atom. The van der Waals surface area contributed by atoms with E-state index in [1.807, 2.05) is 31.2 Å². The Labute approximate surface area is 165 Å². The van der Waals surface area contributed by atoms with Crippen LogP contribution in [0.5, 0.6) is 0 Å². The summed E-state index contributed by atoms with van der Waals surface area (Å²) >= 11 is 0. The van der Waals surface area contributed by atoms with E-state index in [2.05, 4.69) is 27.7 Å². The lowest BCUT2D eigenvalue weighted by molar-refractivity contribution is -0.137. The van der Waals surface area contributed by atoms with Crippen LogP contribution in [0.15, 0.2) is 48.5 Å². The average Bonchev–Trinajstić information content (AvgIpc) is 3.15. The zero-order chi connectivity index (χ0) is 21.0. The average molecular weight is 403 g/mol. The van der Waals surface area contributed by atoms with Crippen molar-refractivity contribution < 1.29 is 18.0 Å². The Kier molecular flexibility index (Phi) is 5.95. The molecule has 29 heavy (non-hydrogen) atoms. The van der Waals surface area contributed by atoms with Gasteiger partial charge >= 0.3 is 6.18 Å². The largest absolute Gasteiger partial charge is 0.416 e. The van der Waals surface area contributed by atoms with Gasteiger partial charge in [-0.25, -0.2) is 0 Å². The summed E-state index contributed by atoms with van der Waals surface area (Å²) in [6, 6.07) is 12.4. The Hall–Kier alpha value is -3.23. The number of hydrogen-bond donors (Lipinski definition) is 1. The quantitative estimate of drug-likeness (QED) is 0.680. The van der Waals surface area contributed by atoms with Gasteiger partial charge in [0.25, 0.3) is 0 Å². The number of benzene rings is 2. The number of amides is 1. The van der Waals surface area contributed by atoms with Gasteiger partial charge in [0.15, 0.2) is 0 Å². The predicted molar refractivity (Wildman–Crippen MR) is 101 cm³/mol. The van der Waals surface area contributed by atoms with Gasteiger partial charge in [-0.1, -0.05) is 43.3 Å². The monoisotopic (exact) mass is 403 g/mol. The van der Waals surface area contributed by atoms with Crippen LogP contribution in [-0.4, -0.2) is 26.1 Å². The van der Waals surface area contributed by atoms with Crippen molar-refractivity contribution in [1.29, 1.82) is 0 Å². The molecule has 152 valence electrons. The van der Waals surface area contributed by atoms with Gasteiger partial charge in [-0.3, -0.25) is 4.79 Å². The van der Waals surface area contributed by atoms with Crippen LogP contribution >= 0.6 is 0 Å². The molecule has 0 aliphatic heterocycles. The molecule has 3 aromatic rings. The molecule has 0 radical (unpaired) electrons. The summed E-state index contributed by atoms with van der Waals surface area (Å²) in [6.07, 6.45) is -3.52. The van der Waals surface area contributed by atoms with Crippen molar-refractivity contribution in [3.63, 3.8) is 0 Å². The van der Waals surface area contributed by atoms with Crippen molar-refractivity contribution in [2.75, 3.05) is 0 Å². The Balaban J connectivity index is 1.64. The minimum Gasteiger partial charge on any atom is -0.348 e. The number of carbonyl (C=O) groups excluding carboxylic acids is 1. The summed E-state index contributed by atoms with van der Waals surface area (Å²) < 4.78 is 38.5. The van der Waals surface area contributed by atoms with Crippen LogP contribution in [0, 0.1) is 0 Å². The highest BCUT2D eigenvalue weighted by molar-refractivity contribution is 5.76. The molecule has 0 aliphatic carbocycles. The SMILES string of the molecule is CCc1ccc(C(C)NC(=O)Cn2nnc(-c3cccc(C(F)(F)F)c3)n2)cc1. The molecule has 6 nitrogen and oxygen atoms in total. The fourth-order valence-corrected chi connectivity index (χ4v) is 2.80. The first-order valence-corrected chi connectivity index (χ1v) is 9.10. The number of aryl methyl sites for hydroxylation is 1. The summed E-state index contributed by atoms with van der Waals surface area (Å²) in [4.78, 5) is 13.3. The second kappa shape index (κ2) is 8.42. The predicted octanol–water partition coefficient (Wildman–Crippen LogP) is 3.80. The number of aromatic nitrogens is 4. The van der Waals surface area contributed by atoms with Gasteiger partial charge < -0.3 is 5.32 Å². The standard InChI is InChI=1S/C20H20F3N5O/c1-3-14-7-9-15(10-8-14)13(2)24-18(29)12-28-26-19(25-27-28)16-5-4-6-17(11-16)20(21,22)23/h4-11,13H,3,12H2,1-2H3,(H,24,29). The summed E-state index contributed by atoms with van der Waals surface area (Å²) in [7, 11) is 0. The smallest absolute Gasteiger partial charge is 0.348 e. The molecule has 1 N–H and O–H groups in total. The third-order valence-electron chi connectivity index (χ3n) is 4.45. The maximum Gasteiger partial charge on any atom is 0.416 e. The first-order chi connectivity index (χ1) is 13.8. The lowest BCUT2D eigenvalue weighted by Crippen LogP contribution is -2.30. The molecule has 1 heterocycles. The molecule has 0 fully saturated rings. The van der Waals surface area contributed by atoms with E-state index >= 15 is 0 Å². The van der Waals surface area contributed by atoms with Crippen LogP contribution < -0.4 is 5.32 Å². The zero-order valence-corrected chi connectivity index (χ0v) is 15.9. The van der Waals surface area contributed by atoms with Gasteiger partial charge in [-0.05, 0) is 41.8 Å². The molecule has 0 saturated heterocycles. The molecule has 0 aliphatic rings. The van der Waals surface area contributed by atoms with Crippen molar-refractivity contribution in [3.8, 4) is 11.4 Å². The van der Waals surface area contributed by atoms with Gasteiger partial charge in [0.05, 0.1) is 11.6 Å². The Morgan fingerprint density at radius 2 is 1.90 bits per heavy atom. The molecule has 1 atom stereocenters. The summed E-state index contributed by atoms with van der Waals surface area (Å²) in [5.41, 5.74) is 1.55. The minimum atomic E-state index is -4.46. The van der Waals surface area contributed by atoms with Crippen LogP contribution in [0.3, 0.4) is 0 Å². The fourth-order valence-electron chi connectivity index (χ4n) is 2.80. The number of halogens is 3.